The van der Waals surface area contributed by atoms with Gasteiger partial charge in [0.15, 0.2) is 5.57 Å². The molecule has 0 aliphatic heterocycles. The number of ether oxygens (including phenoxy) is 1. The van der Waals surface area contributed by atoms with Gasteiger partial charge < -0.3 is 4.74 Å². The maximum Gasteiger partial charge on any atom is 0.273 e. The van der Waals surface area contributed by atoms with Crippen molar-refractivity contribution in [2.45, 2.75) is 0 Å². The Balaban J connectivity index is 2.41. The highest BCUT2D eigenvalue weighted by Gasteiger charge is 2.14. The fourth-order valence-corrected chi connectivity index (χ4v) is 3.91. The zero-order valence-electron chi connectivity index (χ0n) is 14.4. The van der Waals surface area contributed by atoms with Crippen molar-refractivity contribution < 1.29 is 4.74 Å². The second kappa shape index (κ2) is 8.33. The summed E-state index contributed by atoms with van der Waals surface area (Å²) in [6, 6.07) is 15.6. The Morgan fingerprint density at radius 1 is 1.14 bits per heavy atom. The molecule has 3 aromatic rings. The topological polar surface area (TPSA) is 78.8 Å². The van der Waals surface area contributed by atoms with Crippen molar-refractivity contribution in [3.63, 3.8) is 0 Å². The molecule has 0 atom stereocenters. The van der Waals surface area contributed by atoms with Gasteiger partial charge in [-0.2, -0.15) is 10.5 Å². The summed E-state index contributed by atoms with van der Waals surface area (Å²) in [7, 11) is 1.48. The zero-order valence-corrected chi connectivity index (χ0v) is 16.8. The standard InChI is InChI=1S/C20H11Cl2N3O2S/c1-27-17-5-3-2-4-16(17)25-19(26)18(28-20(25)13(10-23)11-24)9-12-6-7-14(21)15(22)8-12/h2-9H,1H3/b18-9+. The predicted octanol–water partition coefficient (Wildman–Crippen LogP) is 3.24. The third kappa shape index (κ3) is 3.67. The second-order valence-electron chi connectivity index (χ2n) is 5.50. The highest BCUT2D eigenvalue weighted by atomic mass is 35.5. The smallest absolute Gasteiger partial charge is 0.273 e. The van der Waals surface area contributed by atoms with Gasteiger partial charge >= 0.3 is 0 Å². The maximum absolute atomic E-state index is 13.1. The van der Waals surface area contributed by atoms with E-state index in [4.69, 9.17) is 27.9 Å². The molecule has 0 fully saturated rings. The molecule has 28 heavy (non-hydrogen) atoms. The lowest BCUT2D eigenvalue weighted by Crippen LogP contribution is -2.31. The maximum atomic E-state index is 13.1. The number of halogens is 2. The van der Waals surface area contributed by atoms with E-state index in [0.717, 1.165) is 11.3 Å². The summed E-state index contributed by atoms with van der Waals surface area (Å²) in [5.74, 6) is 0.444. The molecule has 0 aliphatic rings. The molecule has 0 saturated carbocycles. The van der Waals surface area contributed by atoms with Gasteiger partial charge in [0.2, 0.25) is 0 Å². The van der Waals surface area contributed by atoms with Crippen LogP contribution in [0.15, 0.2) is 47.3 Å². The van der Waals surface area contributed by atoms with Gasteiger partial charge in [-0.1, -0.05) is 41.4 Å². The monoisotopic (exact) mass is 427 g/mol. The SMILES string of the molecule is COc1ccccc1-n1c(=C(C#N)C#N)s/c(=C/c2ccc(Cl)c(Cl)c2)c1=O. The Morgan fingerprint density at radius 2 is 1.86 bits per heavy atom. The van der Waals surface area contributed by atoms with Gasteiger partial charge in [-0.05, 0) is 35.9 Å². The van der Waals surface area contributed by atoms with Crippen LogP contribution in [0.2, 0.25) is 10.0 Å². The van der Waals surface area contributed by atoms with Crippen LogP contribution in [0.4, 0.5) is 0 Å². The van der Waals surface area contributed by atoms with E-state index in [0.29, 0.717) is 31.6 Å². The fourth-order valence-electron chi connectivity index (χ4n) is 2.56. The molecule has 0 saturated heterocycles. The van der Waals surface area contributed by atoms with E-state index in [1.807, 2.05) is 12.1 Å². The van der Waals surface area contributed by atoms with Gasteiger partial charge in [0.25, 0.3) is 5.56 Å². The van der Waals surface area contributed by atoms with E-state index < -0.39 is 0 Å². The quantitative estimate of drug-likeness (QED) is 0.642. The summed E-state index contributed by atoms with van der Waals surface area (Å²) < 4.78 is 7.22. The molecule has 2 aromatic carbocycles. The number of nitriles is 2. The largest absolute Gasteiger partial charge is 0.495 e. The van der Waals surface area contributed by atoms with Crippen LogP contribution in [0.3, 0.4) is 0 Å². The summed E-state index contributed by atoms with van der Waals surface area (Å²) in [6.07, 6.45) is 1.64. The molecular weight excluding hydrogens is 417 g/mol. The number of hydrogen-bond donors (Lipinski definition) is 0. The average Bonchev–Trinajstić information content (AvgIpc) is 3.01. The summed E-state index contributed by atoms with van der Waals surface area (Å²) in [5, 5.41) is 19.4. The van der Waals surface area contributed by atoms with Crippen molar-refractivity contribution in [3.05, 3.63) is 77.6 Å². The fraction of sp³-hybridized carbons (Fsp3) is 0.0500. The third-order valence-electron chi connectivity index (χ3n) is 3.83. The lowest BCUT2D eigenvalue weighted by Gasteiger charge is -2.08. The molecule has 0 bridgehead atoms. The Bertz CT molecular complexity index is 1310. The normalized spacial score (nSPS) is 11.0. The van der Waals surface area contributed by atoms with Crippen molar-refractivity contribution in [2.24, 2.45) is 0 Å². The first-order valence-corrected chi connectivity index (χ1v) is 9.44. The average molecular weight is 428 g/mol. The van der Waals surface area contributed by atoms with E-state index in [2.05, 4.69) is 0 Å². The van der Waals surface area contributed by atoms with Crippen molar-refractivity contribution in [2.75, 3.05) is 7.11 Å². The third-order valence-corrected chi connectivity index (χ3v) is 5.66. The molecule has 0 aliphatic carbocycles. The molecule has 0 amide bonds. The van der Waals surface area contributed by atoms with Crippen LogP contribution in [0.1, 0.15) is 5.56 Å². The van der Waals surface area contributed by atoms with Gasteiger partial charge in [-0.15, -0.1) is 11.3 Å². The van der Waals surface area contributed by atoms with Crippen LogP contribution < -0.4 is 19.5 Å². The number of aromatic nitrogens is 1. The number of hydrogen-bond acceptors (Lipinski definition) is 5. The molecule has 0 N–H and O–H groups in total. The zero-order chi connectivity index (χ0) is 20.3. The molecule has 8 heteroatoms. The highest BCUT2D eigenvalue weighted by Crippen LogP contribution is 2.23. The molecule has 0 spiro atoms. The molecule has 138 valence electrons. The van der Waals surface area contributed by atoms with Crippen LogP contribution in [-0.4, -0.2) is 11.7 Å². The van der Waals surface area contributed by atoms with Gasteiger partial charge in [-0.3, -0.25) is 9.36 Å². The van der Waals surface area contributed by atoms with E-state index in [1.54, 1.807) is 48.5 Å². The van der Waals surface area contributed by atoms with Gasteiger partial charge in [0.05, 0.1) is 27.4 Å². The Hall–Kier alpha value is -3.03. The minimum Gasteiger partial charge on any atom is -0.495 e. The number of rotatable bonds is 3. The lowest BCUT2D eigenvalue weighted by atomic mass is 10.2. The van der Waals surface area contributed by atoms with Gasteiger partial charge in [0.1, 0.15) is 22.6 Å². The lowest BCUT2D eigenvalue weighted by molar-refractivity contribution is 0.412. The molecular formula is C20H11Cl2N3O2S. The van der Waals surface area contributed by atoms with Crippen molar-refractivity contribution in [3.8, 4) is 23.6 Å². The van der Waals surface area contributed by atoms with Crippen molar-refractivity contribution >= 4 is 46.2 Å². The summed E-state index contributed by atoms with van der Waals surface area (Å²) in [4.78, 5) is 13.1. The van der Waals surface area contributed by atoms with Crippen LogP contribution >= 0.6 is 34.5 Å². The molecule has 1 aromatic heterocycles. The summed E-state index contributed by atoms with van der Waals surface area (Å²) in [6.45, 7) is 0. The number of benzene rings is 2. The highest BCUT2D eigenvalue weighted by molar-refractivity contribution is 7.07. The van der Waals surface area contributed by atoms with Crippen LogP contribution in [0.5, 0.6) is 5.75 Å². The predicted molar refractivity (Wildman–Crippen MR) is 110 cm³/mol. The Kier molecular flexibility index (Phi) is 5.87. The molecule has 5 nitrogen and oxygen atoms in total. The minimum absolute atomic E-state index is 0.165. The molecule has 0 unspecified atom stereocenters. The number of methoxy groups -OCH3 is 1. The number of thiazole rings is 1. The van der Waals surface area contributed by atoms with E-state index >= 15 is 0 Å². The van der Waals surface area contributed by atoms with Crippen LogP contribution in [0, 0.1) is 22.7 Å². The van der Waals surface area contributed by atoms with Gasteiger partial charge in [0, 0.05) is 0 Å². The first-order valence-electron chi connectivity index (χ1n) is 7.86. The van der Waals surface area contributed by atoms with Crippen molar-refractivity contribution in [1.82, 2.24) is 4.57 Å². The van der Waals surface area contributed by atoms with Crippen molar-refractivity contribution in [1.29, 1.82) is 10.5 Å². The molecule has 0 radical (unpaired) electrons. The summed E-state index contributed by atoms with van der Waals surface area (Å²) in [5.41, 5.74) is 0.570. The van der Waals surface area contributed by atoms with Crippen LogP contribution in [-0.2, 0) is 0 Å². The Labute approximate surface area is 174 Å². The van der Waals surface area contributed by atoms with E-state index in [9.17, 15) is 15.3 Å². The second-order valence-corrected chi connectivity index (χ2v) is 7.35. The molecule has 1 heterocycles. The Morgan fingerprint density at radius 3 is 2.50 bits per heavy atom. The van der Waals surface area contributed by atoms with Crippen LogP contribution in [0.25, 0.3) is 17.3 Å². The van der Waals surface area contributed by atoms with E-state index in [-0.39, 0.29) is 15.8 Å². The summed E-state index contributed by atoms with van der Waals surface area (Å²) >= 11 is 13.0. The first kappa shape index (κ1) is 19.7. The van der Waals surface area contributed by atoms with E-state index in [1.165, 1.54) is 11.7 Å². The minimum atomic E-state index is -0.376. The number of para-hydroxylation sites is 2. The molecule has 3 rings (SSSR count). The first-order chi connectivity index (χ1) is 13.5. The van der Waals surface area contributed by atoms with Gasteiger partial charge in [-0.25, -0.2) is 0 Å². The number of nitrogens with zero attached hydrogens (tertiary/aromatic N) is 3.